The summed E-state index contributed by atoms with van der Waals surface area (Å²) in [5.41, 5.74) is 4.21. The number of carbonyl (C=O) groups excluding carboxylic acids is 1. The lowest BCUT2D eigenvalue weighted by atomic mass is 9.81. The molecule has 3 aliphatic heterocycles. The number of esters is 1. The van der Waals surface area contributed by atoms with Gasteiger partial charge in [0.05, 0.1) is 25.3 Å². The monoisotopic (exact) mass is 550 g/mol. The van der Waals surface area contributed by atoms with Gasteiger partial charge in [0.15, 0.2) is 0 Å². The third-order valence-electron chi connectivity index (χ3n) is 8.67. The minimum absolute atomic E-state index is 0.177. The fourth-order valence-electron chi connectivity index (χ4n) is 6.31. The van der Waals surface area contributed by atoms with E-state index in [0.29, 0.717) is 24.6 Å². The lowest BCUT2D eigenvalue weighted by Crippen LogP contribution is -2.42. The molecule has 6 nitrogen and oxygen atoms in total. The number of morpholine rings is 1. The molecule has 1 unspecified atom stereocenters. The van der Waals surface area contributed by atoms with Crippen molar-refractivity contribution < 1.29 is 19.0 Å². The molecular weight excluding hydrogens is 500 g/mol. The zero-order valence-corrected chi connectivity index (χ0v) is 25.4. The lowest BCUT2D eigenvalue weighted by molar-refractivity contribution is -0.134. The summed E-state index contributed by atoms with van der Waals surface area (Å²) < 4.78 is 18.3. The van der Waals surface area contributed by atoms with Crippen LogP contribution in [0, 0.1) is 18.3 Å². The van der Waals surface area contributed by atoms with Crippen molar-refractivity contribution in [2.24, 2.45) is 5.92 Å². The maximum Gasteiger partial charge on any atom is 0.311 e. The highest BCUT2D eigenvalue weighted by atomic mass is 16.5. The van der Waals surface area contributed by atoms with Crippen LogP contribution in [0.4, 0.5) is 0 Å². The van der Waals surface area contributed by atoms with Gasteiger partial charge in [-0.05, 0) is 80.8 Å². The van der Waals surface area contributed by atoms with E-state index in [2.05, 4.69) is 55.5 Å². The van der Waals surface area contributed by atoms with Gasteiger partial charge < -0.3 is 14.2 Å². The number of hydrogen-bond donors (Lipinski definition) is 0. The van der Waals surface area contributed by atoms with E-state index in [1.54, 1.807) is 0 Å². The van der Waals surface area contributed by atoms with Gasteiger partial charge in [-0.25, -0.2) is 0 Å². The summed E-state index contributed by atoms with van der Waals surface area (Å²) in [5, 5.41) is 0. The molecule has 0 spiro atoms. The van der Waals surface area contributed by atoms with Crippen LogP contribution in [-0.2, 0) is 16.0 Å². The molecule has 0 aromatic heterocycles. The first kappa shape index (κ1) is 30.6. The Labute approximate surface area is 242 Å². The van der Waals surface area contributed by atoms with E-state index < -0.39 is 5.60 Å². The first-order valence-electron chi connectivity index (χ1n) is 15.6. The van der Waals surface area contributed by atoms with Crippen LogP contribution in [0.2, 0.25) is 0 Å². The van der Waals surface area contributed by atoms with Gasteiger partial charge in [0.25, 0.3) is 0 Å². The van der Waals surface area contributed by atoms with Crippen LogP contribution < -0.4 is 9.47 Å². The average molecular weight is 551 g/mol. The maximum absolute atomic E-state index is 13.2. The fraction of sp³-hybridized carbons (Fsp3) is 0.676. The van der Waals surface area contributed by atoms with Crippen LogP contribution in [-0.4, -0.2) is 73.9 Å². The Hall–Kier alpha value is -2.33. The minimum atomic E-state index is -0.407. The van der Waals surface area contributed by atoms with Crippen molar-refractivity contribution in [3.05, 3.63) is 28.8 Å². The molecule has 0 saturated carbocycles. The highest BCUT2D eigenvalue weighted by Gasteiger charge is 2.39. The molecule has 1 atom stereocenters. The Kier molecular flexibility index (Phi) is 11.1. The largest absolute Gasteiger partial charge is 0.483 e. The average Bonchev–Trinajstić information content (AvgIpc) is 2.92. The predicted octanol–water partition coefficient (Wildman–Crippen LogP) is 6.12. The first-order valence-corrected chi connectivity index (χ1v) is 15.6. The molecule has 0 radical (unpaired) electrons. The molecule has 4 rings (SSSR count). The van der Waals surface area contributed by atoms with E-state index in [1.807, 2.05) is 0 Å². The van der Waals surface area contributed by atoms with Crippen LogP contribution in [0.3, 0.4) is 0 Å². The van der Waals surface area contributed by atoms with Crippen LogP contribution in [0.1, 0.15) is 90.2 Å². The van der Waals surface area contributed by atoms with Gasteiger partial charge in [-0.2, -0.15) is 0 Å². The Morgan fingerprint density at radius 2 is 1.93 bits per heavy atom. The highest BCUT2D eigenvalue weighted by molar-refractivity contribution is 5.84. The second-order valence-electron chi connectivity index (χ2n) is 12.4. The molecule has 3 heterocycles. The van der Waals surface area contributed by atoms with Crippen molar-refractivity contribution in [2.75, 3.05) is 52.5 Å². The Morgan fingerprint density at radius 1 is 1.12 bits per heavy atom. The molecule has 0 amide bonds. The number of hydrogen-bond acceptors (Lipinski definition) is 6. The third kappa shape index (κ3) is 8.12. The van der Waals surface area contributed by atoms with Gasteiger partial charge in [-0.3, -0.25) is 14.6 Å². The van der Waals surface area contributed by atoms with Crippen LogP contribution >= 0.6 is 0 Å². The van der Waals surface area contributed by atoms with Crippen LogP contribution in [0.25, 0.3) is 5.57 Å². The van der Waals surface area contributed by atoms with Gasteiger partial charge in [-0.1, -0.05) is 45.5 Å². The zero-order valence-electron chi connectivity index (χ0n) is 25.4. The molecule has 1 aromatic carbocycles. The van der Waals surface area contributed by atoms with Gasteiger partial charge >= 0.3 is 5.97 Å². The van der Waals surface area contributed by atoms with Crippen LogP contribution in [0.15, 0.2) is 17.7 Å². The lowest BCUT2D eigenvalue weighted by Gasteiger charge is -2.42. The smallest absolute Gasteiger partial charge is 0.311 e. The maximum atomic E-state index is 13.2. The molecule has 1 saturated heterocycles. The third-order valence-corrected chi connectivity index (χ3v) is 8.67. The molecule has 0 bridgehead atoms. The number of nitrogens with zero attached hydrogens (tertiary/aromatic N) is 2. The molecule has 1 fully saturated rings. The fourth-order valence-corrected chi connectivity index (χ4v) is 6.31. The summed E-state index contributed by atoms with van der Waals surface area (Å²) in [6.45, 7) is 15.5. The normalized spacial score (nSPS) is 19.8. The first-order chi connectivity index (χ1) is 19.3. The van der Waals surface area contributed by atoms with Gasteiger partial charge in [-0.15, -0.1) is 6.42 Å². The topological polar surface area (TPSA) is 51.2 Å². The summed E-state index contributed by atoms with van der Waals surface area (Å²) in [7, 11) is 0. The van der Waals surface area contributed by atoms with E-state index in [4.69, 9.17) is 20.6 Å². The SMILES string of the molecule is C#CCN1CCC2=C(C1)c1c(OC(=O)CCCN3CCOCC3)cc(CCC(C)CCCCC)cc1OC2(C)C. The number of fused-ring (bicyclic) bond motifs is 2. The molecule has 0 aliphatic carbocycles. The van der Waals surface area contributed by atoms with Crippen molar-refractivity contribution in [3.63, 3.8) is 0 Å². The van der Waals surface area contributed by atoms with E-state index in [9.17, 15) is 4.79 Å². The van der Waals surface area contributed by atoms with Gasteiger partial charge in [0.1, 0.15) is 17.1 Å². The van der Waals surface area contributed by atoms with E-state index in [-0.39, 0.29) is 5.97 Å². The summed E-state index contributed by atoms with van der Waals surface area (Å²) >= 11 is 0. The van der Waals surface area contributed by atoms with Crippen molar-refractivity contribution in [1.29, 1.82) is 0 Å². The number of terminal acetylenes is 1. The van der Waals surface area contributed by atoms with Crippen molar-refractivity contribution in [3.8, 4) is 23.8 Å². The van der Waals surface area contributed by atoms with Crippen molar-refractivity contribution in [2.45, 2.75) is 91.1 Å². The quantitative estimate of drug-likeness (QED) is 0.128. The Bertz CT molecular complexity index is 1080. The molecule has 220 valence electrons. The number of benzene rings is 1. The Balaban J connectivity index is 1.56. The van der Waals surface area contributed by atoms with Crippen LogP contribution in [0.5, 0.6) is 11.5 Å². The van der Waals surface area contributed by atoms with Crippen molar-refractivity contribution in [1.82, 2.24) is 9.80 Å². The molecule has 1 aromatic rings. The second-order valence-corrected chi connectivity index (χ2v) is 12.4. The summed E-state index contributed by atoms with van der Waals surface area (Å²) in [6, 6.07) is 4.29. The molecule has 40 heavy (non-hydrogen) atoms. The number of ether oxygens (including phenoxy) is 3. The van der Waals surface area contributed by atoms with Gasteiger partial charge in [0, 0.05) is 32.6 Å². The number of aryl methyl sites for hydroxylation is 1. The minimum Gasteiger partial charge on any atom is -0.483 e. The molecule has 3 aliphatic rings. The zero-order chi connectivity index (χ0) is 28.5. The molecule has 6 heteroatoms. The summed E-state index contributed by atoms with van der Waals surface area (Å²) in [6.07, 6.45) is 14.9. The number of carbonyl (C=O) groups is 1. The number of unbranched alkanes of at least 4 members (excludes halogenated alkanes) is 2. The number of rotatable bonds is 13. The van der Waals surface area contributed by atoms with Gasteiger partial charge in [0.2, 0.25) is 0 Å². The summed E-state index contributed by atoms with van der Waals surface area (Å²) in [5.74, 6) is 4.77. The van der Waals surface area contributed by atoms with Crippen molar-refractivity contribution >= 4 is 11.5 Å². The summed E-state index contributed by atoms with van der Waals surface area (Å²) in [4.78, 5) is 17.8. The molecular formula is C34H50N2O4. The standard InChI is InChI=1S/C34H50N2O4/c1-6-8-9-11-26(3)13-14-27-23-30(39-32(37)12-10-17-35-19-21-38-22-20-35)33-28-25-36(16-7-2)18-15-29(28)34(4,5)40-31(33)24-27/h2,23-24,26H,6,8-22,25H2,1,3-5H3. The van der Waals surface area contributed by atoms with E-state index >= 15 is 0 Å². The Morgan fingerprint density at radius 3 is 2.67 bits per heavy atom. The highest BCUT2D eigenvalue weighted by Crippen LogP contribution is 2.48. The van der Waals surface area contributed by atoms with E-state index in [0.717, 1.165) is 82.9 Å². The van der Waals surface area contributed by atoms with E-state index in [1.165, 1.54) is 42.4 Å². The molecule has 0 N–H and O–H groups in total. The predicted molar refractivity (Wildman–Crippen MR) is 162 cm³/mol. The second kappa shape index (κ2) is 14.5.